The summed E-state index contributed by atoms with van der Waals surface area (Å²) < 4.78 is 10.5. The molecule has 0 aromatic heterocycles. The third kappa shape index (κ3) is 3.28. The molecule has 0 aliphatic carbocycles. The summed E-state index contributed by atoms with van der Waals surface area (Å²) in [5.74, 6) is -2.31. The summed E-state index contributed by atoms with van der Waals surface area (Å²) in [4.78, 5) is 39.7. The number of esters is 2. The monoisotopic (exact) mass is 402 g/mol. The third-order valence-corrected chi connectivity index (χ3v) is 5.69. The highest BCUT2D eigenvalue weighted by Crippen LogP contribution is 2.49. The minimum atomic E-state index is -0.781. The smallest absolute Gasteiger partial charge is 0.338 e. The van der Waals surface area contributed by atoms with Gasteiger partial charge in [0.15, 0.2) is 0 Å². The van der Waals surface area contributed by atoms with Gasteiger partial charge in [0, 0.05) is 0 Å². The van der Waals surface area contributed by atoms with Crippen LogP contribution in [0.25, 0.3) is 0 Å². The standard InChI is InChI=1S/C20H22N2O5S/c1-4-26-19(24)14-13(12-9-7-6-8-10-12)15(20(25)27-5-2)18-22(16(14)21)17(23)11(3)28-18/h6-11,13H,4-5,21H2,1-3H3/t11-,13-/m0/s1. The number of hydrogen-bond acceptors (Lipinski definition) is 7. The summed E-state index contributed by atoms with van der Waals surface area (Å²) >= 11 is 1.24. The quantitative estimate of drug-likeness (QED) is 0.754. The lowest BCUT2D eigenvalue weighted by Gasteiger charge is -2.33. The van der Waals surface area contributed by atoms with E-state index in [4.69, 9.17) is 15.2 Å². The average Bonchev–Trinajstić information content (AvgIpc) is 2.97. The summed E-state index contributed by atoms with van der Waals surface area (Å²) in [5.41, 5.74) is 7.29. The molecule has 0 radical (unpaired) electrons. The Morgan fingerprint density at radius 2 is 1.64 bits per heavy atom. The van der Waals surface area contributed by atoms with Crippen LogP contribution in [0, 0.1) is 0 Å². The van der Waals surface area contributed by atoms with E-state index in [1.54, 1.807) is 32.9 Å². The van der Waals surface area contributed by atoms with E-state index < -0.39 is 23.1 Å². The first-order valence-electron chi connectivity index (χ1n) is 9.05. The molecule has 148 valence electrons. The van der Waals surface area contributed by atoms with Gasteiger partial charge in [-0.15, -0.1) is 0 Å². The summed E-state index contributed by atoms with van der Waals surface area (Å²) in [6.07, 6.45) is 0. The molecule has 2 aliphatic heterocycles. The number of thioether (sulfide) groups is 1. The molecule has 7 nitrogen and oxygen atoms in total. The van der Waals surface area contributed by atoms with Crippen molar-refractivity contribution >= 4 is 29.6 Å². The number of amides is 1. The number of fused-ring (bicyclic) bond motifs is 1. The molecule has 0 saturated carbocycles. The van der Waals surface area contributed by atoms with Gasteiger partial charge < -0.3 is 15.2 Å². The largest absolute Gasteiger partial charge is 0.463 e. The highest BCUT2D eigenvalue weighted by atomic mass is 32.2. The topological polar surface area (TPSA) is 98.9 Å². The van der Waals surface area contributed by atoms with Gasteiger partial charge in [0.2, 0.25) is 5.91 Å². The molecular formula is C20H22N2O5S. The van der Waals surface area contributed by atoms with Gasteiger partial charge in [-0.05, 0) is 26.3 Å². The Labute approximate surface area is 167 Å². The molecule has 8 heteroatoms. The number of carbonyl (C=O) groups is 3. The summed E-state index contributed by atoms with van der Waals surface area (Å²) in [6.45, 7) is 5.42. The second-order valence-electron chi connectivity index (χ2n) is 6.24. The van der Waals surface area contributed by atoms with Crippen LogP contribution in [0.5, 0.6) is 0 Å². The fourth-order valence-corrected chi connectivity index (χ4v) is 4.49. The number of carbonyl (C=O) groups excluding carboxylic acids is 3. The Morgan fingerprint density at radius 3 is 2.21 bits per heavy atom. The minimum Gasteiger partial charge on any atom is -0.463 e. The normalized spacial score (nSPS) is 21.7. The summed E-state index contributed by atoms with van der Waals surface area (Å²) in [7, 11) is 0. The van der Waals surface area contributed by atoms with E-state index in [0.29, 0.717) is 10.6 Å². The molecule has 2 heterocycles. The fraction of sp³-hybridized carbons (Fsp3) is 0.350. The Kier molecular flexibility index (Phi) is 5.79. The van der Waals surface area contributed by atoms with Gasteiger partial charge in [-0.3, -0.25) is 9.69 Å². The first kappa shape index (κ1) is 20.0. The Morgan fingerprint density at radius 1 is 1.07 bits per heavy atom. The molecule has 2 N–H and O–H groups in total. The van der Waals surface area contributed by atoms with Gasteiger partial charge in [-0.2, -0.15) is 0 Å². The van der Waals surface area contributed by atoms with Gasteiger partial charge in [-0.1, -0.05) is 42.1 Å². The molecule has 28 heavy (non-hydrogen) atoms. The molecular weight excluding hydrogens is 380 g/mol. The van der Waals surface area contributed by atoms with E-state index in [1.165, 1.54) is 16.7 Å². The van der Waals surface area contributed by atoms with E-state index in [9.17, 15) is 14.4 Å². The predicted octanol–water partition coefficient (Wildman–Crippen LogP) is 2.26. The molecule has 0 bridgehead atoms. The fourth-order valence-electron chi connectivity index (χ4n) is 3.32. The summed E-state index contributed by atoms with van der Waals surface area (Å²) in [5, 5.41) is -0.0219. The second-order valence-corrected chi connectivity index (χ2v) is 7.57. The van der Waals surface area contributed by atoms with Gasteiger partial charge >= 0.3 is 11.9 Å². The minimum absolute atomic E-state index is 0.00259. The molecule has 0 spiro atoms. The van der Waals surface area contributed by atoms with Crippen LogP contribution >= 0.6 is 11.8 Å². The molecule has 1 amide bonds. The first-order chi connectivity index (χ1) is 13.4. The van der Waals surface area contributed by atoms with Gasteiger partial charge in [0.05, 0.1) is 40.6 Å². The van der Waals surface area contributed by atoms with Crippen molar-refractivity contribution in [3.8, 4) is 0 Å². The lowest BCUT2D eigenvalue weighted by Crippen LogP contribution is -2.40. The number of nitrogens with zero attached hydrogens (tertiary/aromatic N) is 1. The Bertz CT molecular complexity index is 878. The molecule has 1 aromatic rings. The maximum atomic E-state index is 12.9. The number of benzene rings is 1. The van der Waals surface area contributed by atoms with Crippen LogP contribution in [0.3, 0.4) is 0 Å². The van der Waals surface area contributed by atoms with Crippen molar-refractivity contribution in [1.82, 2.24) is 4.90 Å². The van der Waals surface area contributed by atoms with Crippen molar-refractivity contribution in [2.24, 2.45) is 5.73 Å². The molecule has 0 unspecified atom stereocenters. The van der Waals surface area contributed by atoms with Crippen LogP contribution < -0.4 is 5.73 Å². The second kappa shape index (κ2) is 8.10. The van der Waals surface area contributed by atoms with Crippen molar-refractivity contribution in [2.75, 3.05) is 13.2 Å². The first-order valence-corrected chi connectivity index (χ1v) is 9.93. The van der Waals surface area contributed by atoms with Crippen LogP contribution in [-0.2, 0) is 23.9 Å². The highest BCUT2D eigenvalue weighted by molar-refractivity contribution is 8.04. The van der Waals surface area contributed by atoms with Crippen molar-refractivity contribution in [3.05, 3.63) is 57.9 Å². The van der Waals surface area contributed by atoms with E-state index in [1.807, 2.05) is 18.2 Å². The number of ether oxygens (including phenoxy) is 2. The summed E-state index contributed by atoms with van der Waals surface area (Å²) in [6, 6.07) is 9.06. The molecule has 2 atom stereocenters. The average molecular weight is 402 g/mol. The SMILES string of the molecule is CCOC(=O)C1=C(N)N2C(=O)[C@H](C)SC2=C(C(=O)OCC)[C@H]1c1ccccc1. The maximum Gasteiger partial charge on any atom is 0.338 e. The van der Waals surface area contributed by atoms with Crippen LogP contribution in [-0.4, -0.2) is 41.2 Å². The van der Waals surface area contributed by atoms with Crippen molar-refractivity contribution in [3.63, 3.8) is 0 Å². The molecule has 3 rings (SSSR count). The molecule has 1 fully saturated rings. The lowest BCUT2D eigenvalue weighted by molar-refractivity contribution is -0.139. The number of nitrogens with two attached hydrogens (primary N) is 1. The molecule has 1 aromatic carbocycles. The lowest BCUT2D eigenvalue weighted by atomic mass is 9.82. The van der Waals surface area contributed by atoms with Crippen LogP contribution in [0.4, 0.5) is 0 Å². The zero-order valence-electron chi connectivity index (χ0n) is 15.9. The van der Waals surface area contributed by atoms with Gasteiger partial charge in [0.25, 0.3) is 0 Å². The Balaban J connectivity index is 2.28. The zero-order chi connectivity index (χ0) is 20.4. The van der Waals surface area contributed by atoms with E-state index in [0.717, 1.165) is 0 Å². The van der Waals surface area contributed by atoms with Crippen molar-refractivity contribution in [1.29, 1.82) is 0 Å². The van der Waals surface area contributed by atoms with Crippen LogP contribution in [0.1, 0.15) is 32.3 Å². The van der Waals surface area contributed by atoms with E-state index in [-0.39, 0.29) is 36.1 Å². The zero-order valence-corrected chi connectivity index (χ0v) is 16.7. The molecule has 1 saturated heterocycles. The maximum absolute atomic E-state index is 12.9. The van der Waals surface area contributed by atoms with Crippen molar-refractivity contribution < 1.29 is 23.9 Å². The Hall–Kier alpha value is -2.74. The van der Waals surface area contributed by atoms with E-state index in [2.05, 4.69) is 0 Å². The van der Waals surface area contributed by atoms with Crippen molar-refractivity contribution in [2.45, 2.75) is 31.9 Å². The van der Waals surface area contributed by atoms with Crippen LogP contribution in [0.15, 0.2) is 52.3 Å². The highest BCUT2D eigenvalue weighted by Gasteiger charge is 2.48. The van der Waals surface area contributed by atoms with Gasteiger partial charge in [0.1, 0.15) is 5.82 Å². The molecule has 2 aliphatic rings. The number of hydrogen-bond donors (Lipinski definition) is 1. The third-order valence-electron chi connectivity index (χ3n) is 4.51. The van der Waals surface area contributed by atoms with E-state index >= 15 is 0 Å². The van der Waals surface area contributed by atoms with Gasteiger partial charge in [-0.25, -0.2) is 9.59 Å². The number of rotatable bonds is 5. The predicted molar refractivity (Wildman–Crippen MR) is 105 cm³/mol. The van der Waals surface area contributed by atoms with Crippen LogP contribution in [0.2, 0.25) is 0 Å².